The lowest BCUT2D eigenvalue weighted by Crippen LogP contribution is -2.31. The first-order valence-corrected chi connectivity index (χ1v) is 6.44. The second kappa shape index (κ2) is 5.80. The fourth-order valence-corrected chi connectivity index (χ4v) is 2.55. The largest absolute Gasteiger partial charge is 0.416 e. The number of hydrogen-bond donors (Lipinski definition) is 1. The van der Waals surface area contributed by atoms with Crippen molar-refractivity contribution in [1.82, 2.24) is 5.32 Å². The van der Waals surface area contributed by atoms with E-state index in [1.807, 2.05) is 6.07 Å². The summed E-state index contributed by atoms with van der Waals surface area (Å²) in [5.41, 5.74) is -1.30. The maximum Gasteiger partial charge on any atom is 0.416 e. The Labute approximate surface area is 114 Å². The summed E-state index contributed by atoms with van der Waals surface area (Å²) in [6, 6.07) is 3.24. The number of rotatable bonds is 3. The molecule has 1 aliphatic rings. The van der Waals surface area contributed by atoms with Gasteiger partial charge in [0.05, 0.1) is 11.6 Å². The van der Waals surface area contributed by atoms with Crippen molar-refractivity contribution in [2.24, 2.45) is 0 Å². The molecular formula is C14H14F4N2. The second-order valence-corrected chi connectivity index (χ2v) is 4.94. The van der Waals surface area contributed by atoms with Crippen molar-refractivity contribution < 1.29 is 17.6 Å². The monoisotopic (exact) mass is 286 g/mol. The lowest BCUT2D eigenvalue weighted by atomic mass is 9.99. The molecule has 0 radical (unpaired) electrons. The molecule has 1 atom stereocenters. The van der Waals surface area contributed by atoms with Gasteiger partial charge in [-0.05, 0) is 30.5 Å². The second-order valence-electron chi connectivity index (χ2n) is 4.94. The Balaban J connectivity index is 2.31. The maximum absolute atomic E-state index is 13.0. The summed E-state index contributed by atoms with van der Waals surface area (Å²) in [5, 5.41) is 12.1. The summed E-state index contributed by atoms with van der Waals surface area (Å²) in [6.07, 6.45) is -0.970. The third-order valence-corrected chi connectivity index (χ3v) is 3.52. The normalized spacial score (nSPS) is 17.9. The molecule has 1 saturated carbocycles. The minimum Gasteiger partial charge on any atom is -0.295 e. The number of halogens is 4. The first-order valence-electron chi connectivity index (χ1n) is 6.44. The maximum atomic E-state index is 13.0. The van der Waals surface area contributed by atoms with Gasteiger partial charge in [0.1, 0.15) is 11.9 Å². The number of hydrogen-bond acceptors (Lipinski definition) is 2. The predicted molar refractivity (Wildman–Crippen MR) is 65.1 cm³/mol. The molecule has 2 nitrogen and oxygen atoms in total. The molecule has 2 rings (SSSR count). The summed E-state index contributed by atoms with van der Waals surface area (Å²) < 4.78 is 51.9. The summed E-state index contributed by atoms with van der Waals surface area (Å²) in [5.74, 6) is -0.960. The standard InChI is InChI=1S/C14H14F4N2/c15-9-5-6-11(12(7-9)14(16,17)18)13(8-19)20-10-3-1-2-4-10/h5-7,10,13,20H,1-4H2. The molecular weight excluding hydrogens is 272 g/mol. The summed E-state index contributed by atoms with van der Waals surface area (Å²) in [6.45, 7) is 0. The molecule has 1 unspecified atom stereocenters. The highest BCUT2D eigenvalue weighted by Crippen LogP contribution is 2.35. The highest BCUT2D eigenvalue weighted by atomic mass is 19.4. The Morgan fingerprint density at radius 3 is 2.45 bits per heavy atom. The van der Waals surface area contributed by atoms with E-state index >= 15 is 0 Å². The number of alkyl halides is 3. The van der Waals surface area contributed by atoms with Crippen LogP contribution in [0, 0.1) is 17.1 Å². The van der Waals surface area contributed by atoms with Crippen LogP contribution in [0.3, 0.4) is 0 Å². The first-order chi connectivity index (χ1) is 9.41. The molecule has 1 aromatic carbocycles. The Hall–Kier alpha value is -1.61. The quantitative estimate of drug-likeness (QED) is 0.854. The van der Waals surface area contributed by atoms with Crippen LogP contribution in [-0.2, 0) is 6.18 Å². The highest BCUT2D eigenvalue weighted by Gasteiger charge is 2.36. The minimum atomic E-state index is -4.68. The van der Waals surface area contributed by atoms with Crippen LogP contribution in [0.15, 0.2) is 18.2 Å². The number of nitrogens with zero attached hydrogens (tertiary/aromatic N) is 1. The van der Waals surface area contributed by atoms with Crippen LogP contribution in [0.1, 0.15) is 42.9 Å². The van der Waals surface area contributed by atoms with Crippen LogP contribution >= 0.6 is 0 Å². The van der Waals surface area contributed by atoms with Crippen molar-refractivity contribution >= 4 is 0 Å². The topological polar surface area (TPSA) is 35.8 Å². The van der Waals surface area contributed by atoms with Gasteiger partial charge in [0.25, 0.3) is 0 Å². The lowest BCUT2D eigenvalue weighted by molar-refractivity contribution is -0.138. The van der Waals surface area contributed by atoms with Crippen LogP contribution < -0.4 is 5.32 Å². The van der Waals surface area contributed by atoms with Gasteiger partial charge in [0, 0.05) is 6.04 Å². The minimum absolute atomic E-state index is 0.0470. The third-order valence-electron chi connectivity index (χ3n) is 3.52. The SMILES string of the molecule is N#CC(NC1CCCC1)c1ccc(F)cc1C(F)(F)F. The van der Waals surface area contributed by atoms with Crippen LogP contribution in [0.4, 0.5) is 17.6 Å². The van der Waals surface area contributed by atoms with Crippen molar-refractivity contribution in [2.45, 2.75) is 43.9 Å². The molecule has 0 spiro atoms. The average molecular weight is 286 g/mol. The van der Waals surface area contributed by atoms with Gasteiger partial charge in [-0.25, -0.2) is 4.39 Å². The van der Waals surface area contributed by atoms with E-state index < -0.39 is 23.6 Å². The van der Waals surface area contributed by atoms with Gasteiger partial charge in [-0.1, -0.05) is 18.9 Å². The van der Waals surface area contributed by atoms with Gasteiger partial charge in [-0.15, -0.1) is 0 Å². The van der Waals surface area contributed by atoms with Crippen molar-refractivity contribution in [1.29, 1.82) is 5.26 Å². The Kier molecular flexibility index (Phi) is 4.29. The van der Waals surface area contributed by atoms with Gasteiger partial charge in [0.15, 0.2) is 0 Å². The molecule has 20 heavy (non-hydrogen) atoms. The van der Waals surface area contributed by atoms with E-state index in [-0.39, 0.29) is 11.6 Å². The molecule has 0 bridgehead atoms. The van der Waals surface area contributed by atoms with Gasteiger partial charge in [-0.2, -0.15) is 18.4 Å². The van der Waals surface area contributed by atoms with E-state index in [1.54, 1.807) is 0 Å². The van der Waals surface area contributed by atoms with Crippen LogP contribution in [0.25, 0.3) is 0 Å². The zero-order chi connectivity index (χ0) is 14.8. The fourth-order valence-electron chi connectivity index (χ4n) is 2.55. The van der Waals surface area contributed by atoms with E-state index in [0.29, 0.717) is 6.07 Å². The van der Waals surface area contributed by atoms with Crippen LogP contribution in [0.2, 0.25) is 0 Å². The van der Waals surface area contributed by atoms with Crippen molar-refractivity contribution in [3.8, 4) is 6.07 Å². The number of nitriles is 1. The molecule has 0 amide bonds. The highest BCUT2D eigenvalue weighted by molar-refractivity contribution is 5.36. The van der Waals surface area contributed by atoms with Gasteiger partial charge in [-0.3, -0.25) is 5.32 Å². The van der Waals surface area contributed by atoms with Gasteiger partial charge >= 0.3 is 6.18 Å². The molecule has 0 aliphatic heterocycles. The molecule has 1 aromatic rings. The summed E-state index contributed by atoms with van der Waals surface area (Å²) >= 11 is 0. The van der Waals surface area contributed by atoms with E-state index in [0.717, 1.165) is 37.8 Å². The molecule has 1 aliphatic carbocycles. The predicted octanol–water partition coefficient (Wildman–Crippen LogP) is 3.94. The van der Waals surface area contributed by atoms with Gasteiger partial charge < -0.3 is 0 Å². The van der Waals surface area contributed by atoms with E-state index in [2.05, 4.69) is 5.32 Å². The van der Waals surface area contributed by atoms with Crippen LogP contribution in [0.5, 0.6) is 0 Å². The zero-order valence-electron chi connectivity index (χ0n) is 10.7. The average Bonchev–Trinajstić information content (AvgIpc) is 2.88. The smallest absolute Gasteiger partial charge is 0.295 e. The van der Waals surface area contributed by atoms with E-state index in [4.69, 9.17) is 5.26 Å². The van der Waals surface area contributed by atoms with Crippen LogP contribution in [-0.4, -0.2) is 6.04 Å². The number of benzene rings is 1. The summed E-state index contributed by atoms with van der Waals surface area (Å²) in [4.78, 5) is 0. The lowest BCUT2D eigenvalue weighted by Gasteiger charge is -2.21. The van der Waals surface area contributed by atoms with E-state index in [9.17, 15) is 17.6 Å². The van der Waals surface area contributed by atoms with E-state index in [1.165, 1.54) is 0 Å². The first kappa shape index (κ1) is 14.8. The van der Waals surface area contributed by atoms with Gasteiger partial charge in [0.2, 0.25) is 0 Å². The molecule has 1 fully saturated rings. The van der Waals surface area contributed by atoms with Crippen molar-refractivity contribution in [2.75, 3.05) is 0 Å². The Morgan fingerprint density at radius 1 is 1.25 bits per heavy atom. The van der Waals surface area contributed by atoms with Crippen molar-refractivity contribution in [3.63, 3.8) is 0 Å². The summed E-state index contributed by atoms with van der Waals surface area (Å²) in [7, 11) is 0. The Bertz CT molecular complexity index is 513. The zero-order valence-corrected chi connectivity index (χ0v) is 10.7. The molecule has 6 heteroatoms. The molecule has 0 heterocycles. The molecule has 0 aromatic heterocycles. The molecule has 108 valence electrons. The Morgan fingerprint density at radius 2 is 1.90 bits per heavy atom. The molecule has 0 saturated heterocycles. The molecule has 1 N–H and O–H groups in total. The third kappa shape index (κ3) is 3.28. The van der Waals surface area contributed by atoms with Crippen molar-refractivity contribution in [3.05, 3.63) is 35.1 Å². The number of nitrogens with one attached hydrogen (secondary N) is 1. The fraction of sp³-hybridized carbons (Fsp3) is 0.500.